The summed E-state index contributed by atoms with van der Waals surface area (Å²) >= 11 is 5.58. The van der Waals surface area contributed by atoms with E-state index in [1.54, 1.807) is 35.2 Å². The van der Waals surface area contributed by atoms with Gasteiger partial charge in [0.15, 0.2) is 5.11 Å². The van der Waals surface area contributed by atoms with Crippen LogP contribution >= 0.6 is 12.2 Å². The van der Waals surface area contributed by atoms with Gasteiger partial charge < -0.3 is 9.80 Å². The quantitative estimate of drug-likeness (QED) is 0.270. The molecule has 2 aromatic carbocycles. The van der Waals surface area contributed by atoms with Gasteiger partial charge in [-0.05, 0) is 61.9 Å². The van der Waals surface area contributed by atoms with Crippen molar-refractivity contribution in [2.45, 2.75) is 25.6 Å². The lowest BCUT2D eigenvalue weighted by atomic mass is 10.0. The lowest BCUT2D eigenvalue weighted by Crippen LogP contribution is -2.42. The number of nitriles is 1. The van der Waals surface area contributed by atoms with Gasteiger partial charge in [-0.15, -0.1) is 0 Å². The van der Waals surface area contributed by atoms with Crippen molar-refractivity contribution in [3.63, 3.8) is 0 Å². The van der Waals surface area contributed by atoms with E-state index in [2.05, 4.69) is 10.0 Å². The van der Waals surface area contributed by atoms with Crippen LogP contribution in [0.1, 0.15) is 25.0 Å². The molecule has 1 heterocycles. The van der Waals surface area contributed by atoms with Gasteiger partial charge in [0.25, 0.3) is 0 Å². The van der Waals surface area contributed by atoms with Crippen LogP contribution in [0.5, 0.6) is 0 Å². The van der Waals surface area contributed by atoms with E-state index in [1.807, 2.05) is 18.7 Å². The smallest absolute Gasteiger partial charge is 0.316 e. The van der Waals surface area contributed by atoms with Crippen LogP contribution in [-0.2, 0) is 6.18 Å². The first kappa shape index (κ1) is 20.5. The van der Waals surface area contributed by atoms with Gasteiger partial charge in [-0.3, -0.25) is 0 Å². The Morgan fingerprint density at radius 2 is 1.79 bits per heavy atom. The molecule has 1 fully saturated rings. The van der Waals surface area contributed by atoms with E-state index in [9.17, 15) is 13.2 Å². The molecule has 0 N–H and O–H groups in total. The third kappa shape index (κ3) is 3.83. The normalized spacial score (nSPS) is 15.8. The summed E-state index contributed by atoms with van der Waals surface area (Å²) < 4.78 is 40.0. The van der Waals surface area contributed by atoms with E-state index < -0.39 is 22.8 Å². The Labute approximate surface area is 170 Å². The number of hydrogen-bond donors (Lipinski definition) is 0. The summed E-state index contributed by atoms with van der Waals surface area (Å²) in [6.45, 7) is 4.21. The summed E-state index contributed by atoms with van der Waals surface area (Å²) in [5, 5.41) is 12.9. The molecule has 0 amide bonds. The van der Waals surface area contributed by atoms with Crippen LogP contribution in [0.4, 0.5) is 30.2 Å². The summed E-state index contributed by atoms with van der Waals surface area (Å²) in [5.41, 5.74) is 8.02. The van der Waals surface area contributed by atoms with Crippen LogP contribution in [0, 0.1) is 11.3 Å². The lowest BCUT2D eigenvalue weighted by Gasteiger charge is -2.31. The summed E-state index contributed by atoms with van der Waals surface area (Å²) in [7, 11) is 0. The Bertz CT molecular complexity index is 1050. The maximum absolute atomic E-state index is 13.3. The highest BCUT2D eigenvalue weighted by Gasteiger charge is 2.43. The highest BCUT2D eigenvalue weighted by Crippen LogP contribution is 2.39. The van der Waals surface area contributed by atoms with Crippen molar-refractivity contribution in [1.29, 1.82) is 5.26 Å². The van der Waals surface area contributed by atoms with E-state index >= 15 is 0 Å². The number of halogens is 3. The average Bonchev–Trinajstić information content (AvgIpc) is 2.90. The van der Waals surface area contributed by atoms with Crippen molar-refractivity contribution >= 4 is 34.4 Å². The highest BCUT2D eigenvalue weighted by atomic mass is 32.1. The highest BCUT2D eigenvalue weighted by molar-refractivity contribution is 7.80. The fourth-order valence-electron chi connectivity index (χ4n) is 3.32. The number of thiocarbonyl (C=S) groups is 1. The van der Waals surface area contributed by atoms with Crippen LogP contribution in [0.2, 0.25) is 0 Å². The number of azide groups is 1. The standard InChI is InChI=1S/C19H15F3N6S/c1-18(2)11-27(15-6-3-12(10-23)16(9-15)19(20,21)22)17(29)28(18)14-7-4-13(5-8-14)25-26-24/h3-9H,11H2,1-2H3. The summed E-state index contributed by atoms with van der Waals surface area (Å²) in [5.74, 6) is 0. The molecule has 148 valence electrons. The molecule has 0 saturated carbocycles. The first-order chi connectivity index (χ1) is 13.6. The molecule has 1 aliphatic heterocycles. The zero-order valence-corrected chi connectivity index (χ0v) is 16.3. The van der Waals surface area contributed by atoms with E-state index in [0.717, 1.165) is 17.8 Å². The van der Waals surface area contributed by atoms with E-state index in [-0.39, 0.29) is 5.69 Å². The molecule has 10 heteroatoms. The molecule has 6 nitrogen and oxygen atoms in total. The molecular weight excluding hydrogens is 401 g/mol. The van der Waals surface area contributed by atoms with Crippen LogP contribution in [0.15, 0.2) is 47.6 Å². The average molecular weight is 416 g/mol. The summed E-state index contributed by atoms with van der Waals surface area (Å²) in [4.78, 5) is 6.19. The number of anilines is 2. The first-order valence-corrected chi connectivity index (χ1v) is 8.87. The zero-order valence-electron chi connectivity index (χ0n) is 15.5. The minimum absolute atomic E-state index is 0.266. The molecular formula is C19H15F3N6S. The topological polar surface area (TPSA) is 79.0 Å². The molecule has 0 aromatic heterocycles. The van der Waals surface area contributed by atoms with Gasteiger partial charge >= 0.3 is 6.18 Å². The monoisotopic (exact) mass is 416 g/mol. The second kappa shape index (κ2) is 7.28. The molecule has 2 aromatic rings. The zero-order chi connectivity index (χ0) is 21.4. The van der Waals surface area contributed by atoms with Crippen LogP contribution in [0.3, 0.4) is 0 Å². The summed E-state index contributed by atoms with van der Waals surface area (Å²) in [6.07, 6.45) is -4.64. The predicted octanol–water partition coefficient (Wildman–Crippen LogP) is 5.91. The van der Waals surface area contributed by atoms with Crippen molar-refractivity contribution in [2.24, 2.45) is 5.11 Å². The Morgan fingerprint density at radius 3 is 2.34 bits per heavy atom. The first-order valence-electron chi connectivity index (χ1n) is 8.47. The molecule has 0 spiro atoms. The number of nitrogens with zero attached hydrogens (tertiary/aromatic N) is 6. The second-order valence-corrected chi connectivity index (χ2v) is 7.43. The number of rotatable bonds is 3. The minimum atomic E-state index is -4.64. The molecule has 0 aliphatic carbocycles. The number of alkyl halides is 3. The van der Waals surface area contributed by atoms with E-state index in [1.165, 1.54) is 6.07 Å². The molecule has 3 rings (SSSR count). The molecule has 0 bridgehead atoms. The lowest BCUT2D eigenvalue weighted by molar-refractivity contribution is -0.137. The minimum Gasteiger partial charge on any atom is -0.316 e. The fraction of sp³-hybridized carbons (Fsp3) is 0.263. The Kier molecular flexibility index (Phi) is 5.13. The van der Waals surface area contributed by atoms with E-state index in [4.69, 9.17) is 23.0 Å². The molecule has 0 radical (unpaired) electrons. The molecule has 29 heavy (non-hydrogen) atoms. The van der Waals surface area contributed by atoms with Crippen molar-refractivity contribution in [3.8, 4) is 6.07 Å². The van der Waals surface area contributed by atoms with E-state index in [0.29, 0.717) is 17.3 Å². The third-order valence-corrected chi connectivity index (χ3v) is 4.98. The van der Waals surface area contributed by atoms with Gasteiger partial charge in [0.05, 0.1) is 22.7 Å². The molecule has 1 saturated heterocycles. The van der Waals surface area contributed by atoms with Crippen LogP contribution < -0.4 is 9.80 Å². The Balaban J connectivity index is 2.01. The molecule has 1 aliphatic rings. The molecule has 0 unspecified atom stereocenters. The predicted molar refractivity (Wildman–Crippen MR) is 108 cm³/mol. The van der Waals surface area contributed by atoms with Crippen LogP contribution in [-0.4, -0.2) is 17.2 Å². The fourth-order valence-corrected chi connectivity index (χ4v) is 3.84. The van der Waals surface area contributed by atoms with Crippen molar-refractivity contribution in [3.05, 3.63) is 64.0 Å². The van der Waals surface area contributed by atoms with Crippen LogP contribution in [0.25, 0.3) is 10.4 Å². The number of hydrogen-bond acceptors (Lipinski definition) is 3. The van der Waals surface area contributed by atoms with Gasteiger partial charge in [0.1, 0.15) is 0 Å². The SMILES string of the molecule is CC1(C)CN(c2ccc(C#N)c(C(F)(F)F)c2)C(=S)N1c1ccc(N=[N+]=[N-])cc1. The number of benzene rings is 2. The Hall–Kier alpha value is -3.28. The van der Waals surface area contributed by atoms with Crippen molar-refractivity contribution < 1.29 is 13.2 Å². The van der Waals surface area contributed by atoms with Gasteiger partial charge in [-0.1, -0.05) is 17.2 Å². The van der Waals surface area contributed by atoms with Gasteiger partial charge in [0, 0.05) is 28.5 Å². The summed E-state index contributed by atoms with van der Waals surface area (Å²) in [6, 6.07) is 11.9. The second-order valence-electron chi connectivity index (χ2n) is 7.06. The van der Waals surface area contributed by atoms with Crippen molar-refractivity contribution in [1.82, 2.24) is 0 Å². The van der Waals surface area contributed by atoms with Gasteiger partial charge in [0.2, 0.25) is 0 Å². The van der Waals surface area contributed by atoms with Crippen molar-refractivity contribution in [2.75, 3.05) is 16.3 Å². The van der Waals surface area contributed by atoms with Gasteiger partial charge in [-0.2, -0.15) is 18.4 Å². The maximum Gasteiger partial charge on any atom is 0.417 e. The maximum atomic E-state index is 13.3. The van der Waals surface area contributed by atoms with Gasteiger partial charge in [-0.25, -0.2) is 0 Å². The molecule has 0 atom stereocenters. The Morgan fingerprint density at radius 1 is 1.17 bits per heavy atom. The third-order valence-electron chi connectivity index (χ3n) is 4.58. The largest absolute Gasteiger partial charge is 0.417 e.